The van der Waals surface area contributed by atoms with Gasteiger partial charge in [-0.1, -0.05) is 6.92 Å². The molecule has 1 atom stereocenters. The van der Waals surface area contributed by atoms with Crippen LogP contribution in [0.2, 0.25) is 0 Å². The van der Waals surface area contributed by atoms with Crippen molar-refractivity contribution < 1.29 is 9.59 Å². The summed E-state index contributed by atoms with van der Waals surface area (Å²) in [6, 6.07) is 4.88. The minimum atomic E-state index is -0.539. The first kappa shape index (κ1) is 18.1. The van der Waals surface area contributed by atoms with Gasteiger partial charge in [-0.05, 0) is 30.2 Å². The van der Waals surface area contributed by atoms with Crippen molar-refractivity contribution in [2.75, 3.05) is 19.6 Å². The Balaban J connectivity index is 1.69. The quantitative estimate of drug-likeness (QED) is 0.783. The average Bonchev–Trinajstić information content (AvgIpc) is 3.15. The number of pyridine rings is 1. The highest BCUT2D eigenvalue weighted by Gasteiger charge is 2.33. The van der Waals surface area contributed by atoms with E-state index in [-0.39, 0.29) is 11.8 Å². The molecule has 2 aromatic rings. The van der Waals surface area contributed by atoms with Crippen molar-refractivity contribution in [3.05, 3.63) is 48.0 Å². The molecule has 1 aliphatic rings. The normalized spacial score (nSPS) is 17.1. The Bertz CT molecular complexity index is 745. The smallest absolute Gasteiger partial charge is 0.272 e. The number of hydrogen-bond donors (Lipinski definition) is 2. The lowest BCUT2D eigenvalue weighted by Crippen LogP contribution is -2.59. The maximum Gasteiger partial charge on any atom is 0.272 e. The molecular weight excluding hydrogens is 332 g/mol. The first-order valence-electron chi connectivity index (χ1n) is 8.90. The predicted molar refractivity (Wildman–Crippen MR) is 96.3 cm³/mol. The van der Waals surface area contributed by atoms with Crippen molar-refractivity contribution in [2.45, 2.75) is 32.5 Å². The summed E-state index contributed by atoms with van der Waals surface area (Å²) in [6.45, 7) is 4.73. The van der Waals surface area contributed by atoms with Crippen molar-refractivity contribution in [1.82, 2.24) is 30.3 Å². The molecule has 0 bridgehead atoms. The van der Waals surface area contributed by atoms with Crippen LogP contribution in [0.4, 0.5) is 0 Å². The number of aryl methyl sites for hydroxylation is 1. The Kier molecular flexibility index (Phi) is 5.96. The summed E-state index contributed by atoms with van der Waals surface area (Å²) in [5.41, 5.74) is 1.50. The molecule has 1 saturated heterocycles. The molecule has 3 rings (SSSR count). The van der Waals surface area contributed by atoms with Gasteiger partial charge in [-0.25, -0.2) is 0 Å². The van der Waals surface area contributed by atoms with Crippen LogP contribution in [0.15, 0.2) is 36.8 Å². The summed E-state index contributed by atoms with van der Waals surface area (Å²) in [5.74, 6) is -0.314. The number of rotatable bonds is 6. The van der Waals surface area contributed by atoms with E-state index < -0.39 is 6.04 Å². The van der Waals surface area contributed by atoms with Crippen LogP contribution >= 0.6 is 0 Å². The molecule has 0 unspecified atom stereocenters. The van der Waals surface area contributed by atoms with Crippen LogP contribution in [0.25, 0.3) is 0 Å². The molecule has 0 aromatic carbocycles. The fourth-order valence-corrected chi connectivity index (χ4v) is 3.04. The summed E-state index contributed by atoms with van der Waals surface area (Å²) in [4.78, 5) is 31.3. The van der Waals surface area contributed by atoms with E-state index in [2.05, 4.69) is 20.7 Å². The first-order chi connectivity index (χ1) is 12.7. The van der Waals surface area contributed by atoms with E-state index in [1.165, 1.54) is 0 Å². The summed E-state index contributed by atoms with van der Waals surface area (Å²) in [7, 11) is 0. The molecule has 138 valence electrons. The van der Waals surface area contributed by atoms with Gasteiger partial charge >= 0.3 is 0 Å². The van der Waals surface area contributed by atoms with E-state index >= 15 is 0 Å². The highest BCUT2D eigenvalue weighted by Crippen LogP contribution is 2.12. The zero-order valence-corrected chi connectivity index (χ0v) is 14.9. The van der Waals surface area contributed by atoms with Gasteiger partial charge in [0.2, 0.25) is 5.91 Å². The molecule has 26 heavy (non-hydrogen) atoms. The monoisotopic (exact) mass is 356 g/mol. The molecular formula is C18H24N6O2. The Morgan fingerprint density at radius 3 is 2.85 bits per heavy atom. The predicted octanol–water partition coefficient (Wildman–Crippen LogP) is 0.419. The third-order valence-electron chi connectivity index (χ3n) is 4.39. The van der Waals surface area contributed by atoms with E-state index in [0.717, 1.165) is 12.0 Å². The number of amides is 2. The molecule has 1 fully saturated rings. The van der Waals surface area contributed by atoms with E-state index in [1.807, 2.05) is 19.1 Å². The van der Waals surface area contributed by atoms with Crippen molar-refractivity contribution in [1.29, 1.82) is 0 Å². The van der Waals surface area contributed by atoms with Gasteiger partial charge in [-0.15, -0.1) is 0 Å². The molecule has 0 spiro atoms. The number of hydrogen-bond acceptors (Lipinski definition) is 5. The summed E-state index contributed by atoms with van der Waals surface area (Å²) < 4.78 is 1.70. The van der Waals surface area contributed by atoms with Crippen LogP contribution in [-0.2, 0) is 17.9 Å². The average molecular weight is 356 g/mol. The van der Waals surface area contributed by atoms with E-state index in [9.17, 15) is 9.59 Å². The Hall–Kier alpha value is -2.74. The number of aromatic nitrogens is 3. The number of carbonyl (C=O) groups excluding carboxylic acids is 2. The van der Waals surface area contributed by atoms with Gasteiger partial charge in [-0.2, -0.15) is 5.10 Å². The van der Waals surface area contributed by atoms with Crippen LogP contribution in [-0.4, -0.2) is 57.2 Å². The molecule has 2 aromatic heterocycles. The van der Waals surface area contributed by atoms with Crippen LogP contribution in [0.5, 0.6) is 0 Å². The lowest BCUT2D eigenvalue weighted by molar-refractivity contribution is -0.126. The minimum absolute atomic E-state index is 0.151. The maximum atomic E-state index is 13.0. The van der Waals surface area contributed by atoms with Crippen molar-refractivity contribution in [2.24, 2.45) is 0 Å². The van der Waals surface area contributed by atoms with Crippen molar-refractivity contribution >= 4 is 11.8 Å². The summed E-state index contributed by atoms with van der Waals surface area (Å²) in [6.07, 6.45) is 5.89. The SMILES string of the molecule is CCCn1nccc1C(=O)N1CCNC[C@@H]1C(=O)NCc1ccncc1. The topological polar surface area (TPSA) is 92.2 Å². The largest absolute Gasteiger partial charge is 0.350 e. The van der Waals surface area contributed by atoms with Crippen LogP contribution in [0.3, 0.4) is 0 Å². The maximum absolute atomic E-state index is 13.0. The zero-order chi connectivity index (χ0) is 18.4. The summed E-state index contributed by atoms with van der Waals surface area (Å²) in [5, 5.41) is 10.3. The van der Waals surface area contributed by atoms with Gasteiger partial charge in [0.05, 0.1) is 0 Å². The molecule has 1 aliphatic heterocycles. The summed E-state index contributed by atoms with van der Waals surface area (Å²) >= 11 is 0. The highest BCUT2D eigenvalue weighted by atomic mass is 16.2. The highest BCUT2D eigenvalue weighted by molar-refractivity contribution is 5.96. The van der Waals surface area contributed by atoms with E-state index in [4.69, 9.17) is 0 Å². The fraction of sp³-hybridized carbons (Fsp3) is 0.444. The third-order valence-corrected chi connectivity index (χ3v) is 4.39. The van der Waals surface area contributed by atoms with Crippen LogP contribution < -0.4 is 10.6 Å². The molecule has 0 saturated carbocycles. The fourth-order valence-electron chi connectivity index (χ4n) is 3.04. The van der Waals surface area contributed by atoms with Gasteiger partial charge in [0.15, 0.2) is 0 Å². The lowest BCUT2D eigenvalue weighted by Gasteiger charge is -2.35. The van der Waals surface area contributed by atoms with Gasteiger partial charge < -0.3 is 15.5 Å². The lowest BCUT2D eigenvalue weighted by atomic mass is 10.1. The van der Waals surface area contributed by atoms with E-state index in [1.54, 1.807) is 34.2 Å². The molecule has 8 nitrogen and oxygen atoms in total. The first-order valence-corrected chi connectivity index (χ1v) is 8.90. The molecule has 3 heterocycles. The minimum Gasteiger partial charge on any atom is -0.350 e. The number of carbonyl (C=O) groups is 2. The third kappa shape index (κ3) is 4.08. The molecule has 0 radical (unpaired) electrons. The second-order valence-corrected chi connectivity index (χ2v) is 6.23. The molecule has 0 aliphatic carbocycles. The zero-order valence-electron chi connectivity index (χ0n) is 14.9. The van der Waals surface area contributed by atoms with Gasteiger partial charge in [0.25, 0.3) is 5.91 Å². The van der Waals surface area contributed by atoms with Crippen LogP contribution in [0.1, 0.15) is 29.4 Å². The number of nitrogens with zero attached hydrogens (tertiary/aromatic N) is 4. The number of piperazine rings is 1. The van der Waals surface area contributed by atoms with Gasteiger partial charge in [0, 0.05) is 51.3 Å². The Morgan fingerprint density at radius 1 is 1.27 bits per heavy atom. The molecule has 2 amide bonds. The Labute approximate surface area is 152 Å². The second kappa shape index (κ2) is 8.57. The van der Waals surface area contributed by atoms with Crippen LogP contribution in [0, 0.1) is 0 Å². The Morgan fingerprint density at radius 2 is 2.08 bits per heavy atom. The molecule has 2 N–H and O–H groups in total. The van der Waals surface area contributed by atoms with Crippen molar-refractivity contribution in [3.63, 3.8) is 0 Å². The van der Waals surface area contributed by atoms with Gasteiger partial charge in [0.1, 0.15) is 11.7 Å². The van der Waals surface area contributed by atoms with Crippen molar-refractivity contribution in [3.8, 4) is 0 Å². The number of nitrogens with one attached hydrogen (secondary N) is 2. The molecule has 8 heteroatoms. The van der Waals surface area contributed by atoms with Gasteiger partial charge in [-0.3, -0.25) is 19.3 Å². The standard InChI is InChI=1S/C18H24N6O2/c1-2-10-24-15(5-8-22-24)18(26)23-11-9-20-13-16(23)17(25)21-12-14-3-6-19-7-4-14/h3-8,16,20H,2,9-13H2,1H3,(H,21,25)/t16-/m1/s1. The van der Waals surface area contributed by atoms with E-state index in [0.29, 0.717) is 38.4 Å². The second-order valence-electron chi connectivity index (χ2n) is 6.23.